The standard InChI is InChI=1S/C6H13N.C3H8.C2H6/c7-6-4-2-1-3-5-6;1-3-2;1-2/h6H,1-5,7H2;3H2,1-2H3;1-2H3. The van der Waals surface area contributed by atoms with Crippen molar-refractivity contribution in [3.05, 3.63) is 0 Å². The van der Waals surface area contributed by atoms with E-state index >= 15 is 0 Å². The molecule has 1 aliphatic carbocycles. The van der Waals surface area contributed by atoms with Crippen LogP contribution in [0, 0.1) is 0 Å². The molecule has 0 aromatic carbocycles. The van der Waals surface area contributed by atoms with E-state index in [2.05, 4.69) is 13.8 Å². The molecule has 0 heterocycles. The zero-order valence-corrected chi connectivity index (χ0v) is 9.40. The summed E-state index contributed by atoms with van der Waals surface area (Å²) in [5, 5.41) is 0. The molecule has 1 nitrogen and oxygen atoms in total. The Morgan fingerprint density at radius 1 is 1.00 bits per heavy atom. The molecule has 76 valence electrons. The zero-order valence-electron chi connectivity index (χ0n) is 9.40. The maximum Gasteiger partial charge on any atom is 0.00388 e. The van der Waals surface area contributed by atoms with Crippen molar-refractivity contribution in [3.8, 4) is 0 Å². The third kappa shape index (κ3) is 12.6. The fraction of sp³-hybridized carbons (Fsp3) is 1.00. The van der Waals surface area contributed by atoms with Gasteiger partial charge in [0.05, 0.1) is 0 Å². The summed E-state index contributed by atoms with van der Waals surface area (Å²) in [6.07, 6.45) is 7.91. The van der Waals surface area contributed by atoms with Crippen molar-refractivity contribution in [1.29, 1.82) is 0 Å². The quantitative estimate of drug-likeness (QED) is 0.593. The van der Waals surface area contributed by atoms with E-state index in [0.717, 1.165) is 0 Å². The van der Waals surface area contributed by atoms with Gasteiger partial charge in [0.2, 0.25) is 0 Å². The lowest BCUT2D eigenvalue weighted by atomic mass is 9.97. The molecule has 1 saturated carbocycles. The van der Waals surface area contributed by atoms with Crippen molar-refractivity contribution >= 4 is 0 Å². The molecule has 12 heavy (non-hydrogen) atoms. The molecule has 0 aromatic rings. The molecule has 1 heteroatoms. The van der Waals surface area contributed by atoms with E-state index in [1.165, 1.54) is 38.5 Å². The zero-order chi connectivity index (χ0) is 9.82. The molecule has 1 aliphatic rings. The fourth-order valence-corrected chi connectivity index (χ4v) is 1.13. The normalized spacial score (nSPS) is 16.8. The summed E-state index contributed by atoms with van der Waals surface area (Å²) in [7, 11) is 0. The molecule has 1 fully saturated rings. The second kappa shape index (κ2) is 13.5. The first-order valence-electron chi connectivity index (χ1n) is 5.56. The Balaban J connectivity index is 0. The van der Waals surface area contributed by atoms with Gasteiger partial charge in [-0.25, -0.2) is 0 Å². The summed E-state index contributed by atoms with van der Waals surface area (Å²) in [5.74, 6) is 0. The van der Waals surface area contributed by atoms with Crippen molar-refractivity contribution in [3.63, 3.8) is 0 Å². The molecule has 0 aromatic heterocycles. The van der Waals surface area contributed by atoms with Gasteiger partial charge in [-0.15, -0.1) is 0 Å². The van der Waals surface area contributed by atoms with Crippen LogP contribution in [0.15, 0.2) is 0 Å². The smallest absolute Gasteiger partial charge is 0.00388 e. The van der Waals surface area contributed by atoms with Crippen LogP contribution in [0.1, 0.15) is 66.2 Å². The molecular formula is C11H27N. The molecule has 1 rings (SSSR count). The first-order valence-corrected chi connectivity index (χ1v) is 5.56. The SMILES string of the molecule is CC.CCC.NC1CCCCC1. The Kier molecular flexibility index (Phi) is 16.3. The summed E-state index contributed by atoms with van der Waals surface area (Å²) in [4.78, 5) is 0. The lowest BCUT2D eigenvalue weighted by molar-refractivity contribution is 0.441. The lowest BCUT2D eigenvalue weighted by Crippen LogP contribution is -2.22. The third-order valence-corrected chi connectivity index (χ3v) is 1.65. The second-order valence-electron chi connectivity index (χ2n) is 3.11. The predicted octanol–water partition coefficient (Wildman–Crippen LogP) is 3.72. The molecule has 0 amide bonds. The predicted molar refractivity (Wildman–Crippen MR) is 58.4 cm³/mol. The molecule has 0 radical (unpaired) electrons. The highest BCUT2D eigenvalue weighted by molar-refractivity contribution is 4.66. The number of rotatable bonds is 0. The highest BCUT2D eigenvalue weighted by atomic mass is 14.6. The Morgan fingerprint density at radius 2 is 1.33 bits per heavy atom. The van der Waals surface area contributed by atoms with E-state index < -0.39 is 0 Å². The van der Waals surface area contributed by atoms with Crippen LogP contribution in [-0.4, -0.2) is 6.04 Å². The Bertz CT molecular complexity index is 56.0. The van der Waals surface area contributed by atoms with Gasteiger partial charge in [-0.05, 0) is 12.8 Å². The van der Waals surface area contributed by atoms with Crippen LogP contribution in [0.25, 0.3) is 0 Å². The average molecular weight is 173 g/mol. The first-order chi connectivity index (χ1) is 5.81. The Morgan fingerprint density at radius 3 is 1.50 bits per heavy atom. The number of nitrogens with two attached hydrogens (primary N) is 1. The van der Waals surface area contributed by atoms with Crippen molar-refractivity contribution in [2.75, 3.05) is 0 Å². The van der Waals surface area contributed by atoms with E-state index in [9.17, 15) is 0 Å². The molecule has 0 aliphatic heterocycles. The molecule has 0 saturated heterocycles. The van der Waals surface area contributed by atoms with E-state index in [4.69, 9.17) is 5.73 Å². The minimum Gasteiger partial charge on any atom is -0.328 e. The minimum atomic E-state index is 0.536. The van der Waals surface area contributed by atoms with Crippen LogP contribution in [-0.2, 0) is 0 Å². The number of hydrogen-bond acceptors (Lipinski definition) is 1. The van der Waals surface area contributed by atoms with E-state index in [0.29, 0.717) is 6.04 Å². The Hall–Kier alpha value is -0.0400. The summed E-state index contributed by atoms with van der Waals surface area (Å²) >= 11 is 0. The topological polar surface area (TPSA) is 26.0 Å². The van der Waals surface area contributed by atoms with Crippen molar-refractivity contribution in [2.24, 2.45) is 5.73 Å². The van der Waals surface area contributed by atoms with Crippen molar-refractivity contribution in [2.45, 2.75) is 72.3 Å². The second-order valence-corrected chi connectivity index (χ2v) is 3.11. The average Bonchev–Trinajstić information content (AvgIpc) is 2.11. The van der Waals surface area contributed by atoms with Crippen LogP contribution in [0.2, 0.25) is 0 Å². The lowest BCUT2D eigenvalue weighted by Gasteiger charge is -2.15. The maximum atomic E-state index is 5.63. The minimum absolute atomic E-state index is 0.536. The van der Waals surface area contributed by atoms with E-state index in [-0.39, 0.29) is 0 Å². The van der Waals surface area contributed by atoms with Gasteiger partial charge in [0.15, 0.2) is 0 Å². The molecule has 0 unspecified atom stereocenters. The van der Waals surface area contributed by atoms with Gasteiger partial charge >= 0.3 is 0 Å². The van der Waals surface area contributed by atoms with Crippen LogP contribution in [0.3, 0.4) is 0 Å². The van der Waals surface area contributed by atoms with Crippen LogP contribution >= 0.6 is 0 Å². The van der Waals surface area contributed by atoms with E-state index in [1.54, 1.807) is 0 Å². The Labute approximate surface area is 78.7 Å². The van der Waals surface area contributed by atoms with E-state index in [1.807, 2.05) is 13.8 Å². The number of hydrogen-bond donors (Lipinski definition) is 1. The van der Waals surface area contributed by atoms with Crippen molar-refractivity contribution < 1.29 is 0 Å². The molecule has 0 bridgehead atoms. The van der Waals surface area contributed by atoms with Gasteiger partial charge in [-0.2, -0.15) is 0 Å². The highest BCUT2D eigenvalue weighted by Gasteiger charge is 2.06. The van der Waals surface area contributed by atoms with Gasteiger partial charge in [0.25, 0.3) is 0 Å². The van der Waals surface area contributed by atoms with Gasteiger partial charge < -0.3 is 5.73 Å². The molecular weight excluding hydrogens is 146 g/mol. The molecule has 0 atom stereocenters. The van der Waals surface area contributed by atoms with Crippen LogP contribution < -0.4 is 5.73 Å². The summed E-state index contributed by atoms with van der Waals surface area (Å²) in [5.41, 5.74) is 5.63. The fourth-order valence-electron chi connectivity index (χ4n) is 1.13. The monoisotopic (exact) mass is 173 g/mol. The molecule has 2 N–H and O–H groups in total. The third-order valence-electron chi connectivity index (χ3n) is 1.65. The van der Waals surface area contributed by atoms with Crippen LogP contribution in [0.5, 0.6) is 0 Å². The summed E-state index contributed by atoms with van der Waals surface area (Å²) in [6.45, 7) is 8.25. The largest absolute Gasteiger partial charge is 0.328 e. The summed E-state index contributed by atoms with van der Waals surface area (Å²) < 4.78 is 0. The van der Waals surface area contributed by atoms with Crippen molar-refractivity contribution in [1.82, 2.24) is 0 Å². The highest BCUT2D eigenvalue weighted by Crippen LogP contribution is 2.14. The van der Waals surface area contributed by atoms with Gasteiger partial charge in [0, 0.05) is 6.04 Å². The molecule has 0 spiro atoms. The summed E-state index contributed by atoms with van der Waals surface area (Å²) in [6, 6.07) is 0.536. The first kappa shape index (κ1) is 14.5. The van der Waals surface area contributed by atoms with Gasteiger partial charge in [0.1, 0.15) is 0 Å². The maximum absolute atomic E-state index is 5.63. The van der Waals surface area contributed by atoms with Gasteiger partial charge in [-0.1, -0.05) is 53.4 Å². The van der Waals surface area contributed by atoms with Crippen LogP contribution in [0.4, 0.5) is 0 Å². The van der Waals surface area contributed by atoms with Gasteiger partial charge in [-0.3, -0.25) is 0 Å².